The molecule has 0 aromatic heterocycles. The van der Waals surface area contributed by atoms with Gasteiger partial charge in [-0.1, -0.05) is 25.3 Å². The Balaban J connectivity index is 0. The standard InChI is InChI=1S/C7H11.C4H6.CH3.Co/c1-3-5-7-6-4-2;1-3-4-2;;/h1,3,5,7H,4,6H2,2H3;3-4H,1-2H2;1H3;. The fourth-order valence-corrected chi connectivity index (χ4v) is 0.759. The van der Waals surface area contributed by atoms with E-state index in [1.54, 1.807) is 12.2 Å². The minimum atomic E-state index is 1.20. The number of unbranched alkanes of at least 4 members (excludes halogenated alkanes) is 1. The Morgan fingerprint density at radius 2 is 1.77 bits per heavy atom. The van der Waals surface area contributed by atoms with Gasteiger partial charge in [-0.05, 0) is 0 Å². The molecule has 0 atom stereocenters. The first-order chi connectivity index (χ1) is 6.33. The molecule has 0 aliphatic carbocycles. The zero-order chi connectivity index (χ0) is 10.4. The molecule has 0 aliphatic heterocycles. The monoisotopic (exact) mass is 223 g/mol. The van der Waals surface area contributed by atoms with E-state index in [1.165, 1.54) is 27.5 Å². The van der Waals surface area contributed by atoms with Crippen LogP contribution < -0.4 is 0 Å². The molecule has 0 heterocycles. The first kappa shape index (κ1) is 15.0. The number of allylic oxidation sites excluding steroid dienone is 5. The van der Waals surface area contributed by atoms with Crippen molar-refractivity contribution in [3.8, 4) is 0 Å². The minimum absolute atomic E-state index is 1.20. The summed E-state index contributed by atoms with van der Waals surface area (Å²) in [5.74, 6) is 2.11. The van der Waals surface area contributed by atoms with Gasteiger partial charge in [-0.3, -0.25) is 0 Å². The normalized spacial score (nSPS) is 10.0. The fourth-order valence-electron chi connectivity index (χ4n) is 0.443. The Labute approximate surface area is 89.1 Å². The van der Waals surface area contributed by atoms with Crippen molar-refractivity contribution in [3.05, 3.63) is 48.5 Å². The van der Waals surface area contributed by atoms with Crippen LogP contribution in [0.15, 0.2) is 48.5 Å². The SMILES string of the molecule is C=CC=C.CCCC=CC=[CH][Co][CH3]. The molecule has 0 saturated heterocycles. The molecule has 0 bridgehead atoms. The summed E-state index contributed by atoms with van der Waals surface area (Å²) < 4.78 is 0. The number of hydrogen-bond acceptors (Lipinski definition) is 0. The Kier molecular flexibility index (Phi) is 20.2. The molecule has 0 rings (SSSR count). The van der Waals surface area contributed by atoms with Gasteiger partial charge in [0.15, 0.2) is 0 Å². The van der Waals surface area contributed by atoms with Gasteiger partial charge >= 0.3 is 63.6 Å². The summed E-state index contributed by atoms with van der Waals surface area (Å²) in [6.07, 6.45) is 12.1. The van der Waals surface area contributed by atoms with E-state index in [0.717, 1.165) is 0 Å². The third kappa shape index (κ3) is 24.6. The van der Waals surface area contributed by atoms with Gasteiger partial charge < -0.3 is 0 Å². The molecule has 0 saturated carbocycles. The molecule has 0 aliphatic rings. The summed E-state index contributed by atoms with van der Waals surface area (Å²) in [5.41, 5.74) is 0. The van der Waals surface area contributed by atoms with Crippen LogP contribution in [0.2, 0.25) is 5.86 Å². The molecule has 0 unspecified atom stereocenters. The van der Waals surface area contributed by atoms with Gasteiger partial charge in [0, 0.05) is 0 Å². The van der Waals surface area contributed by atoms with Crippen molar-refractivity contribution in [3.63, 3.8) is 0 Å². The molecule has 0 radical (unpaired) electrons. The predicted molar refractivity (Wildman–Crippen MR) is 59.4 cm³/mol. The first-order valence-electron chi connectivity index (χ1n) is 4.29. The third-order valence-corrected chi connectivity index (χ3v) is 1.59. The van der Waals surface area contributed by atoms with Crippen molar-refractivity contribution in [1.29, 1.82) is 0 Å². The maximum atomic E-state index is 3.36. The average molecular weight is 223 g/mol. The van der Waals surface area contributed by atoms with E-state index in [9.17, 15) is 0 Å². The third-order valence-electron chi connectivity index (χ3n) is 1.04. The van der Waals surface area contributed by atoms with Crippen LogP contribution in [0.25, 0.3) is 0 Å². The van der Waals surface area contributed by atoms with Crippen molar-refractivity contribution >= 4 is 0 Å². The molecule has 0 aromatic rings. The zero-order valence-electron chi connectivity index (χ0n) is 8.63. The summed E-state index contributed by atoms with van der Waals surface area (Å²) in [6.45, 7) is 8.91. The molecule has 0 fully saturated rings. The van der Waals surface area contributed by atoms with Crippen LogP contribution in [0, 0.1) is 0 Å². The van der Waals surface area contributed by atoms with Crippen molar-refractivity contribution in [2.45, 2.75) is 25.6 Å². The van der Waals surface area contributed by atoms with Gasteiger partial charge in [-0.2, -0.15) is 0 Å². The van der Waals surface area contributed by atoms with E-state index in [2.05, 4.69) is 49.2 Å². The van der Waals surface area contributed by atoms with Crippen LogP contribution in [-0.4, -0.2) is 0 Å². The Morgan fingerprint density at radius 3 is 2.15 bits per heavy atom. The van der Waals surface area contributed by atoms with Crippen LogP contribution in [0.1, 0.15) is 19.8 Å². The van der Waals surface area contributed by atoms with Gasteiger partial charge in [-0.25, -0.2) is 0 Å². The Morgan fingerprint density at radius 1 is 1.15 bits per heavy atom. The number of rotatable bonds is 5. The van der Waals surface area contributed by atoms with E-state index in [4.69, 9.17) is 0 Å². The molecule has 0 amide bonds. The van der Waals surface area contributed by atoms with E-state index >= 15 is 0 Å². The van der Waals surface area contributed by atoms with Gasteiger partial charge in [0.1, 0.15) is 0 Å². The Hall–Kier alpha value is -0.534. The second-order valence-corrected chi connectivity index (χ2v) is 3.13. The van der Waals surface area contributed by atoms with Gasteiger partial charge in [0.25, 0.3) is 0 Å². The van der Waals surface area contributed by atoms with E-state index in [0.29, 0.717) is 0 Å². The van der Waals surface area contributed by atoms with Crippen LogP contribution in [0.4, 0.5) is 0 Å². The quantitative estimate of drug-likeness (QED) is 0.608. The second-order valence-electron chi connectivity index (χ2n) is 2.18. The molecular formula is C12H20Co. The van der Waals surface area contributed by atoms with Crippen LogP contribution in [0.3, 0.4) is 0 Å². The molecule has 77 valence electrons. The van der Waals surface area contributed by atoms with Gasteiger partial charge in [0.2, 0.25) is 0 Å². The fraction of sp³-hybridized carbons (Fsp3) is 0.333. The average Bonchev–Trinajstić information content (AvgIpc) is 2.18. The molecule has 0 nitrogen and oxygen atoms in total. The molecule has 13 heavy (non-hydrogen) atoms. The summed E-state index contributed by atoms with van der Waals surface area (Å²) in [7, 11) is 0. The first-order valence-corrected chi connectivity index (χ1v) is 5.93. The van der Waals surface area contributed by atoms with E-state index in [1.807, 2.05) is 0 Å². The van der Waals surface area contributed by atoms with Gasteiger partial charge in [-0.15, -0.1) is 0 Å². The molecule has 0 spiro atoms. The summed E-state index contributed by atoms with van der Waals surface area (Å²) in [5, 5.41) is 2.13. The van der Waals surface area contributed by atoms with Crippen LogP contribution >= 0.6 is 0 Å². The topological polar surface area (TPSA) is 0 Å². The molecular weight excluding hydrogens is 203 g/mol. The van der Waals surface area contributed by atoms with Crippen molar-refractivity contribution in [2.75, 3.05) is 0 Å². The van der Waals surface area contributed by atoms with Gasteiger partial charge in [0.05, 0.1) is 0 Å². The second kappa shape index (κ2) is 17.5. The zero-order valence-corrected chi connectivity index (χ0v) is 9.67. The van der Waals surface area contributed by atoms with E-state index < -0.39 is 0 Å². The summed E-state index contributed by atoms with van der Waals surface area (Å²) in [4.78, 5) is 0. The maximum absolute atomic E-state index is 3.36. The van der Waals surface area contributed by atoms with Crippen LogP contribution in [-0.2, 0) is 14.7 Å². The number of hydrogen-bond donors (Lipinski definition) is 0. The molecule has 1 heteroatoms. The molecule has 0 N–H and O–H groups in total. The van der Waals surface area contributed by atoms with Crippen LogP contribution in [0.5, 0.6) is 0 Å². The Bertz CT molecular complexity index is 149. The van der Waals surface area contributed by atoms with Crippen molar-refractivity contribution in [1.82, 2.24) is 0 Å². The van der Waals surface area contributed by atoms with E-state index in [-0.39, 0.29) is 0 Å². The van der Waals surface area contributed by atoms with Crippen molar-refractivity contribution < 1.29 is 14.7 Å². The molecule has 0 aromatic carbocycles. The predicted octanol–water partition coefficient (Wildman–Crippen LogP) is 4.35. The summed E-state index contributed by atoms with van der Waals surface area (Å²) in [6, 6.07) is 0. The summed E-state index contributed by atoms with van der Waals surface area (Å²) >= 11 is 1.36. The van der Waals surface area contributed by atoms with Crippen molar-refractivity contribution in [2.24, 2.45) is 0 Å².